The summed E-state index contributed by atoms with van der Waals surface area (Å²) in [6, 6.07) is 16.9. The van der Waals surface area contributed by atoms with Gasteiger partial charge in [0.1, 0.15) is 0 Å². The maximum Gasteiger partial charge on any atom is 0.220 e. The van der Waals surface area contributed by atoms with Gasteiger partial charge >= 0.3 is 0 Å². The molecule has 0 aliphatic heterocycles. The summed E-state index contributed by atoms with van der Waals surface area (Å²) in [6.07, 6.45) is 1.29. The maximum atomic E-state index is 12.8. The van der Waals surface area contributed by atoms with Crippen LogP contribution in [0.25, 0.3) is 11.1 Å². The van der Waals surface area contributed by atoms with Crippen molar-refractivity contribution in [2.45, 2.75) is 32.4 Å². The Morgan fingerprint density at radius 2 is 1.71 bits per heavy atom. The lowest BCUT2D eigenvalue weighted by Crippen LogP contribution is -2.26. The van der Waals surface area contributed by atoms with Crippen molar-refractivity contribution >= 4 is 11.6 Å². The first-order chi connectivity index (χ1) is 17.0. The standard InChI is InChI=1S/C28H30N2O5/c1-17(31)30-22-12-10-19-14-23(29-16-18-8-6-5-7-9-18)27(34-3)28(35-4)26(19)20-11-13-25(33-2)24(32)15-21(20)22/h5-9,11,13-15,22,29H,10,12,16H2,1-4H3,(H,30,31)/t22-/m0/s1. The highest BCUT2D eigenvalue weighted by Crippen LogP contribution is 2.49. The summed E-state index contributed by atoms with van der Waals surface area (Å²) < 4.78 is 17.0. The van der Waals surface area contributed by atoms with Crippen molar-refractivity contribution in [2.75, 3.05) is 26.6 Å². The fourth-order valence-corrected chi connectivity index (χ4v) is 4.67. The number of carbonyl (C=O) groups is 1. The molecule has 7 heteroatoms. The first-order valence-electron chi connectivity index (χ1n) is 11.5. The number of rotatable bonds is 7. The van der Waals surface area contributed by atoms with Gasteiger partial charge in [-0.05, 0) is 53.3 Å². The third-order valence-electron chi connectivity index (χ3n) is 6.24. The lowest BCUT2D eigenvalue weighted by atomic mass is 9.95. The summed E-state index contributed by atoms with van der Waals surface area (Å²) in [5, 5.41) is 6.49. The van der Waals surface area contributed by atoms with E-state index in [1.165, 1.54) is 14.0 Å². The van der Waals surface area contributed by atoms with Gasteiger partial charge in [-0.15, -0.1) is 0 Å². The molecule has 0 unspecified atom stereocenters. The van der Waals surface area contributed by atoms with Gasteiger partial charge in [-0.2, -0.15) is 0 Å². The Morgan fingerprint density at radius 1 is 0.971 bits per heavy atom. The van der Waals surface area contributed by atoms with E-state index in [9.17, 15) is 9.59 Å². The molecule has 1 amide bonds. The smallest absolute Gasteiger partial charge is 0.220 e. The topological polar surface area (TPSA) is 85.9 Å². The van der Waals surface area contributed by atoms with Crippen LogP contribution in [0.1, 0.15) is 36.1 Å². The molecular weight excluding hydrogens is 444 g/mol. The quantitative estimate of drug-likeness (QED) is 0.525. The molecule has 0 saturated carbocycles. The molecule has 3 aromatic rings. The Hall–Kier alpha value is -4.00. The minimum Gasteiger partial charge on any atom is -0.493 e. The fraction of sp³-hybridized carbons (Fsp3) is 0.286. The number of methoxy groups -OCH3 is 3. The largest absolute Gasteiger partial charge is 0.493 e. The van der Waals surface area contributed by atoms with Crippen molar-refractivity contribution < 1.29 is 19.0 Å². The van der Waals surface area contributed by atoms with Gasteiger partial charge in [-0.25, -0.2) is 0 Å². The fourth-order valence-electron chi connectivity index (χ4n) is 4.67. The summed E-state index contributed by atoms with van der Waals surface area (Å²) >= 11 is 0. The molecule has 3 aromatic carbocycles. The van der Waals surface area contributed by atoms with Gasteiger partial charge in [0, 0.05) is 19.0 Å². The molecule has 1 aliphatic rings. The molecular formula is C28H30N2O5. The van der Waals surface area contributed by atoms with Crippen LogP contribution in [0.15, 0.2) is 59.4 Å². The molecule has 0 aromatic heterocycles. The van der Waals surface area contributed by atoms with E-state index in [1.807, 2.05) is 24.3 Å². The van der Waals surface area contributed by atoms with Crippen LogP contribution in [0.2, 0.25) is 0 Å². The molecule has 0 spiro atoms. The molecule has 35 heavy (non-hydrogen) atoms. The summed E-state index contributed by atoms with van der Waals surface area (Å²) in [5.41, 5.74) is 5.09. The number of benzene rings is 2. The maximum absolute atomic E-state index is 12.8. The first kappa shape index (κ1) is 24.1. The van der Waals surface area contributed by atoms with Gasteiger partial charge in [0.2, 0.25) is 11.3 Å². The third kappa shape index (κ3) is 4.94. The van der Waals surface area contributed by atoms with Crippen LogP contribution in [-0.2, 0) is 17.8 Å². The van der Waals surface area contributed by atoms with E-state index in [2.05, 4.69) is 28.8 Å². The summed E-state index contributed by atoms with van der Waals surface area (Å²) in [5.74, 6) is 1.22. The molecule has 0 fully saturated rings. The van der Waals surface area contributed by atoms with Crippen molar-refractivity contribution in [3.8, 4) is 28.4 Å². The summed E-state index contributed by atoms with van der Waals surface area (Å²) in [4.78, 5) is 24.8. The highest BCUT2D eigenvalue weighted by atomic mass is 16.5. The molecule has 0 bridgehead atoms. The first-order valence-corrected chi connectivity index (χ1v) is 11.5. The zero-order chi connectivity index (χ0) is 24.9. The number of amides is 1. The van der Waals surface area contributed by atoms with E-state index < -0.39 is 0 Å². The molecule has 2 N–H and O–H groups in total. The highest BCUT2D eigenvalue weighted by Gasteiger charge is 2.29. The predicted molar refractivity (Wildman–Crippen MR) is 136 cm³/mol. The Labute approximate surface area is 205 Å². The third-order valence-corrected chi connectivity index (χ3v) is 6.24. The Morgan fingerprint density at radius 3 is 2.37 bits per heavy atom. The number of hydrogen-bond donors (Lipinski definition) is 2. The molecule has 4 rings (SSSR count). The lowest BCUT2D eigenvalue weighted by molar-refractivity contribution is -0.119. The van der Waals surface area contributed by atoms with Crippen LogP contribution < -0.4 is 30.3 Å². The molecule has 0 heterocycles. The number of nitrogens with one attached hydrogen (secondary N) is 2. The molecule has 7 nitrogen and oxygen atoms in total. The SMILES string of the molecule is COc1c(NCc2ccccc2)cc2c(c1OC)-c1ccc(OC)c(=O)cc1[C@@H](NC(C)=O)CC2. The van der Waals surface area contributed by atoms with Gasteiger partial charge in [0.15, 0.2) is 17.2 Å². The Bertz CT molecular complexity index is 1290. The van der Waals surface area contributed by atoms with Crippen LogP contribution in [0.4, 0.5) is 5.69 Å². The van der Waals surface area contributed by atoms with Gasteiger partial charge < -0.3 is 24.8 Å². The van der Waals surface area contributed by atoms with Crippen LogP contribution in [0.5, 0.6) is 17.2 Å². The van der Waals surface area contributed by atoms with E-state index in [-0.39, 0.29) is 23.1 Å². The number of carbonyl (C=O) groups excluding carboxylic acids is 1. The van der Waals surface area contributed by atoms with Crippen molar-refractivity contribution in [2.24, 2.45) is 0 Å². The van der Waals surface area contributed by atoms with Crippen LogP contribution >= 0.6 is 0 Å². The molecule has 1 aliphatic carbocycles. The van der Waals surface area contributed by atoms with Gasteiger partial charge in [-0.3, -0.25) is 9.59 Å². The summed E-state index contributed by atoms with van der Waals surface area (Å²) in [7, 11) is 4.69. The normalized spacial score (nSPS) is 14.1. The van der Waals surface area contributed by atoms with Crippen LogP contribution in [-0.4, -0.2) is 27.2 Å². The number of aryl methyl sites for hydroxylation is 1. The number of ether oxygens (including phenoxy) is 3. The average Bonchev–Trinajstić information content (AvgIpc) is 3.10. The molecule has 182 valence electrons. The minimum absolute atomic E-state index is 0.160. The number of hydrogen-bond acceptors (Lipinski definition) is 6. The van der Waals surface area contributed by atoms with E-state index in [4.69, 9.17) is 14.2 Å². The molecule has 1 atom stereocenters. The monoisotopic (exact) mass is 474 g/mol. The van der Waals surface area contributed by atoms with E-state index >= 15 is 0 Å². The van der Waals surface area contributed by atoms with Crippen LogP contribution in [0, 0.1) is 0 Å². The predicted octanol–water partition coefficient (Wildman–Crippen LogP) is 4.48. The van der Waals surface area contributed by atoms with Crippen molar-refractivity contribution in [1.82, 2.24) is 5.32 Å². The lowest BCUT2D eigenvalue weighted by Gasteiger charge is -2.21. The summed E-state index contributed by atoms with van der Waals surface area (Å²) in [6.45, 7) is 2.10. The highest BCUT2D eigenvalue weighted by molar-refractivity contribution is 5.85. The molecule has 0 saturated heterocycles. The van der Waals surface area contributed by atoms with E-state index in [0.717, 1.165) is 33.5 Å². The van der Waals surface area contributed by atoms with Crippen molar-refractivity contribution in [3.63, 3.8) is 0 Å². The van der Waals surface area contributed by atoms with Gasteiger partial charge in [0.25, 0.3) is 0 Å². The Balaban J connectivity index is 1.92. The van der Waals surface area contributed by atoms with Crippen molar-refractivity contribution in [1.29, 1.82) is 0 Å². The average molecular weight is 475 g/mol. The second-order valence-corrected chi connectivity index (χ2v) is 8.43. The Kier molecular flexibility index (Phi) is 7.25. The van der Waals surface area contributed by atoms with Crippen molar-refractivity contribution in [3.05, 3.63) is 81.5 Å². The zero-order valence-electron chi connectivity index (χ0n) is 20.4. The zero-order valence-corrected chi connectivity index (χ0v) is 20.4. The van der Waals surface area contributed by atoms with Crippen LogP contribution in [0.3, 0.4) is 0 Å². The van der Waals surface area contributed by atoms with Gasteiger partial charge in [-0.1, -0.05) is 36.4 Å². The second-order valence-electron chi connectivity index (χ2n) is 8.43. The number of anilines is 1. The molecule has 0 radical (unpaired) electrons. The van der Waals surface area contributed by atoms with E-state index in [0.29, 0.717) is 30.9 Å². The number of fused-ring (bicyclic) bond motifs is 3. The minimum atomic E-state index is -0.337. The second kappa shape index (κ2) is 10.5. The van der Waals surface area contributed by atoms with E-state index in [1.54, 1.807) is 26.4 Å². The van der Waals surface area contributed by atoms with Gasteiger partial charge in [0.05, 0.1) is 33.1 Å².